The number of allylic oxidation sites excluding steroid dienone is 1. The van der Waals surface area contributed by atoms with Crippen molar-refractivity contribution in [1.29, 1.82) is 0 Å². The molecule has 0 saturated carbocycles. The Morgan fingerprint density at radius 2 is 1.88 bits per heavy atom. The van der Waals surface area contributed by atoms with E-state index in [1.54, 1.807) is 7.11 Å². The lowest BCUT2D eigenvalue weighted by molar-refractivity contribution is -0.693. The molecule has 0 aliphatic rings. The van der Waals surface area contributed by atoms with Gasteiger partial charge in [-0.3, -0.25) is 0 Å². The topological polar surface area (TPSA) is 13.1 Å². The van der Waals surface area contributed by atoms with E-state index in [-0.39, 0.29) is 0 Å². The third-order valence-corrected chi connectivity index (χ3v) is 1.79. The van der Waals surface area contributed by atoms with Crippen LogP contribution in [0.5, 0.6) is 5.75 Å². The Hall–Kier alpha value is -1.53. The molecule has 17 heavy (non-hydrogen) atoms. The van der Waals surface area contributed by atoms with E-state index < -0.39 is 7.25 Å². The van der Waals surface area contributed by atoms with Gasteiger partial charge in [0.25, 0.3) is 0 Å². The molecule has 0 radical (unpaired) electrons. The minimum atomic E-state index is -6.00. The first-order chi connectivity index (χ1) is 7.77. The molecule has 0 spiro atoms. The number of hydrogen-bond donors (Lipinski definition) is 0. The zero-order chi connectivity index (χ0) is 13.5. The van der Waals surface area contributed by atoms with Gasteiger partial charge in [0.2, 0.25) is 6.20 Å². The van der Waals surface area contributed by atoms with Crippen molar-refractivity contribution in [2.24, 2.45) is 0 Å². The molecule has 0 unspecified atom stereocenters. The second-order valence-electron chi connectivity index (χ2n) is 3.15. The lowest BCUT2D eigenvalue weighted by Crippen LogP contribution is -2.35. The molecule has 0 saturated heterocycles. The molecule has 0 bridgehead atoms. The average Bonchev–Trinajstić information content (AvgIpc) is 2.19. The lowest BCUT2D eigenvalue weighted by atomic mass is 10.3. The maximum Gasteiger partial charge on any atom is 0.673 e. The van der Waals surface area contributed by atoms with Gasteiger partial charge >= 0.3 is 7.25 Å². The van der Waals surface area contributed by atoms with Gasteiger partial charge in [-0.25, -0.2) is 0 Å². The second-order valence-corrected chi connectivity index (χ2v) is 3.15. The predicted molar refractivity (Wildman–Crippen MR) is 58.3 cm³/mol. The molecule has 0 aliphatic heterocycles. The molecule has 0 N–H and O–H groups in total. The molecule has 0 amide bonds. The van der Waals surface area contributed by atoms with Gasteiger partial charge < -0.3 is 22.0 Å². The van der Waals surface area contributed by atoms with E-state index in [1.807, 2.05) is 24.4 Å². The SMILES string of the molecule is C=CC[n+]1cc(OC)ccc1C.F[B-](F)(F)F. The fraction of sp³-hybridized carbons (Fsp3) is 0.300. The van der Waals surface area contributed by atoms with Crippen LogP contribution in [0.4, 0.5) is 17.3 Å². The molecule has 1 aromatic heterocycles. The van der Waals surface area contributed by atoms with Crippen LogP contribution in [-0.4, -0.2) is 14.4 Å². The van der Waals surface area contributed by atoms with Crippen molar-refractivity contribution in [2.75, 3.05) is 7.11 Å². The van der Waals surface area contributed by atoms with E-state index in [0.29, 0.717) is 0 Å². The molecule has 2 nitrogen and oxygen atoms in total. The Morgan fingerprint density at radius 3 is 2.29 bits per heavy atom. The third-order valence-electron chi connectivity index (χ3n) is 1.79. The first-order valence-corrected chi connectivity index (χ1v) is 4.80. The quantitative estimate of drug-likeness (QED) is 0.348. The highest BCUT2D eigenvalue weighted by molar-refractivity contribution is 6.50. The summed E-state index contributed by atoms with van der Waals surface area (Å²) in [7, 11) is -4.33. The largest absolute Gasteiger partial charge is 0.673 e. The Balaban J connectivity index is 0.000000437. The summed E-state index contributed by atoms with van der Waals surface area (Å²) in [6.07, 6.45) is 3.84. The fourth-order valence-electron chi connectivity index (χ4n) is 1.05. The van der Waals surface area contributed by atoms with Crippen molar-refractivity contribution in [1.82, 2.24) is 0 Å². The van der Waals surface area contributed by atoms with Gasteiger partial charge in [-0.15, -0.1) is 0 Å². The zero-order valence-corrected chi connectivity index (χ0v) is 9.67. The summed E-state index contributed by atoms with van der Waals surface area (Å²) in [5, 5.41) is 0. The minimum absolute atomic E-state index is 0.822. The second kappa shape index (κ2) is 6.93. The van der Waals surface area contributed by atoms with Crippen LogP contribution < -0.4 is 9.30 Å². The maximum atomic E-state index is 9.75. The molecule has 1 aromatic rings. The first kappa shape index (κ1) is 15.5. The van der Waals surface area contributed by atoms with Crippen LogP contribution in [-0.2, 0) is 6.54 Å². The molecule has 0 fully saturated rings. The number of rotatable bonds is 3. The average molecular weight is 251 g/mol. The number of ether oxygens (including phenoxy) is 1. The summed E-state index contributed by atoms with van der Waals surface area (Å²) in [6.45, 7) is 6.57. The van der Waals surface area contributed by atoms with Gasteiger partial charge in [-0.05, 0) is 12.1 Å². The molecule has 0 aliphatic carbocycles. The first-order valence-electron chi connectivity index (χ1n) is 4.80. The number of aryl methyl sites for hydroxylation is 1. The molecule has 0 atom stereocenters. The van der Waals surface area contributed by atoms with Crippen molar-refractivity contribution in [3.63, 3.8) is 0 Å². The molecular weight excluding hydrogens is 237 g/mol. The van der Waals surface area contributed by atoms with Crippen LogP contribution in [0.1, 0.15) is 5.69 Å². The van der Waals surface area contributed by atoms with Gasteiger partial charge in [0.1, 0.15) is 0 Å². The van der Waals surface area contributed by atoms with Crippen LogP contribution in [0.15, 0.2) is 31.0 Å². The highest BCUT2D eigenvalue weighted by atomic mass is 19.5. The Morgan fingerprint density at radius 1 is 1.35 bits per heavy atom. The summed E-state index contributed by atoms with van der Waals surface area (Å²) in [6, 6.07) is 3.98. The highest BCUT2D eigenvalue weighted by Gasteiger charge is 2.20. The monoisotopic (exact) mass is 251 g/mol. The number of hydrogen-bond acceptors (Lipinski definition) is 1. The number of methoxy groups -OCH3 is 1. The minimum Gasteiger partial charge on any atom is -0.491 e. The molecular formula is C10H14BF4NO. The lowest BCUT2D eigenvalue weighted by Gasteiger charge is -2.00. The van der Waals surface area contributed by atoms with Crippen molar-refractivity contribution < 1.29 is 26.6 Å². The Bertz CT molecular complexity index is 362. The Kier molecular flexibility index (Phi) is 6.31. The zero-order valence-electron chi connectivity index (χ0n) is 9.67. The maximum absolute atomic E-state index is 9.75. The van der Waals surface area contributed by atoms with Crippen LogP contribution in [0.2, 0.25) is 0 Å². The van der Waals surface area contributed by atoms with Gasteiger partial charge in [-0.2, -0.15) is 4.57 Å². The summed E-state index contributed by atoms with van der Waals surface area (Å²) < 4.78 is 46.2. The van der Waals surface area contributed by atoms with Crippen molar-refractivity contribution in [3.8, 4) is 5.75 Å². The molecule has 1 rings (SSSR count). The van der Waals surface area contributed by atoms with E-state index >= 15 is 0 Å². The number of aromatic nitrogens is 1. The van der Waals surface area contributed by atoms with E-state index in [2.05, 4.69) is 18.1 Å². The number of nitrogens with zero attached hydrogens (tertiary/aromatic N) is 1. The van der Waals surface area contributed by atoms with Gasteiger partial charge in [0, 0.05) is 13.0 Å². The van der Waals surface area contributed by atoms with Crippen LogP contribution in [0.25, 0.3) is 0 Å². The summed E-state index contributed by atoms with van der Waals surface area (Å²) in [5.74, 6) is 0.877. The smallest absolute Gasteiger partial charge is 0.491 e. The summed E-state index contributed by atoms with van der Waals surface area (Å²) >= 11 is 0. The van der Waals surface area contributed by atoms with Crippen molar-refractivity contribution in [2.45, 2.75) is 13.5 Å². The molecule has 96 valence electrons. The summed E-state index contributed by atoms with van der Waals surface area (Å²) in [5.41, 5.74) is 1.20. The fourth-order valence-corrected chi connectivity index (χ4v) is 1.05. The van der Waals surface area contributed by atoms with E-state index in [9.17, 15) is 17.3 Å². The van der Waals surface area contributed by atoms with Gasteiger partial charge in [0.05, 0.1) is 7.11 Å². The standard InChI is InChI=1S/C10H14NO.BF4/c1-4-7-11-8-10(12-3)6-5-9(11)2;2-1(3,4)5/h4-6,8H,1,7H2,2-3H3;/q+1;-1. The van der Waals surface area contributed by atoms with Gasteiger partial charge in [-0.1, -0.05) is 6.58 Å². The van der Waals surface area contributed by atoms with Crippen LogP contribution >= 0.6 is 0 Å². The molecule has 7 heteroatoms. The van der Waals surface area contributed by atoms with Crippen molar-refractivity contribution >= 4 is 7.25 Å². The molecule has 1 heterocycles. The third kappa shape index (κ3) is 8.30. The number of pyridine rings is 1. The predicted octanol–water partition coefficient (Wildman–Crippen LogP) is 2.78. The van der Waals surface area contributed by atoms with Crippen LogP contribution in [0, 0.1) is 6.92 Å². The Labute approximate surface area is 97.6 Å². The summed E-state index contributed by atoms with van der Waals surface area (Å²) in [4.78, 5) is 0. The number of halogens is 4. The van der Waals surface area contributed by atoms with E-state index in [4.69, 9.17) is 4.74 Å². The molecule has 0 aromatic carbocycles. The van der Waals surface area contributed by atoms with E-state index in [1.165, 1.54) is 5.69 Å². The normalized spacial score (nSPS) is 10.2. The highest BCUT2D eigenvalue weighted by Crippen LogP contribution is 2.06. The van der Waals surface area contributed by atoms with Gasteiger partial charge in [0.15, 0.2) is 18.0 Å². The van der Waals surface area contributed by atoms with Crippen molar-refractivity contribution in [3.05, 3.63) is 36.7 Å². The van der Waals surface area contributed by atoms with E-state index in [0.717, 1.165) is 12.3 Å². The van der Waals surface area contributed by atoms with Crippen LogP contribution in [0.3, 0.4) is 0 Å².